The van der Waals surface area contributed by atoms with Crippen LogP contribution in [0.5, 0.6) is 11.5 Å². The highest BCUT2D eigenvalue weighted by molar-refractivity contribution is 5.46. The lowest BCUT2D eigenvalue weighted by Gasteiger charge is -2.41. The van der Waals surface area contributed by atoms with Crippen LogP contribution in [0.2, 0.25) is 0 Å². The van der Waals surface area contributed by atoms with Crippen LogP contribution in [0.4, 0.5) is 0 Å². The number of ether oxygens (including phenoxy) is 2. The van der Waals surface area contributed by atoms with Gasteiger partial charge in [-0.2, -0.15) is 5.26 Å². The summed E-state index contributed by atoms with van der Waals surface area (Å²) in [5.41, 5.74) is 0.374. The average Bonchev–Trinajstić information content (AvgIpc) is 2.52. The molecular formula is C17H16N2O3. The number of nitrogens with zero attached hydrogens (tertiary/aromatic N) is 2. The summed E-state index contributed by atoms with van der Waals surface area (Å²) in [5.74, 6) is 1.22. The Morgan fingerprint density at radius 2 is 2.00 bits per heavy atom. The lowest BCUT2D eigenvalue weighted by Crippen LogP contribution is -2.50. The Hall–Kier alpha value is -2.58. The molecule has 0 bridgehead atoms. The highest BCUT2D eigenvalue weighted by atomic mass is 16.5. The fourth-order valence-electron chi connectivity index (χ4n) is 2.50. The molecule has 3 rings (SSSR count). The molecular weight excluding hydrogens is 280 g/mol. The van der Waals surface area contributed by atoms with Crippen LogP contribution in [0.15, 0.2) is 42.7 Å². The molecule has 112 valence electrons. The minimum atomic E-state index is -0.873. The van der Waals surface area contributed by atoms with Gasteiger partial charge in [-0.25, -0.2) is 0 Å². The van der Waals surface area contributed by atoms with Gasteiger partial charge in [0.25, 0.3) is 0 Å². The monoisotopic (exact) mass is 296 g/mol. The molecule has 0 radical (unpaired) electrons. The van der Waals surface area contributed by atoms with E-state index in [0.717, 1.165) is 0 Å². The summed E-state index contributed by atoms with van der Waals surface area (Å²) in [5, 5.41) is 19.7. The van der Waals surface area contributed by atoms with Gasteiger partial charge in [0.2, 0.25) is 0 Å². The zero-order valence-electron chi connectivity index (χ0n) is 12.4. The molecule has 0 fully saturated rings. The Morgan fingerprint density at radius 3 is 2.68 bits per heavy atom. The first kappa shape index (κ1) is 14.4. The minimum Gasteiger partial charge on any atom is -0.485 e. The summed E-state index contributed by atoms with van der Waals surface area (Å²) in [7, 11) is 0. The van der Waals surface area contributed by atoms with Crippen LogP contribution in [0.3, 0.4) is 0 Å². The Morgan fingerprint density at radius 1 is 1.27 bits per heavy atom. The van der Waals surface area contributed by atoms with Gasteiger partial charge in [0.05, 0.1) is 11.6 Å². The first-order valence-corrected chi connectivity index (χ1v) is 6.99. The highest BCUT2D eigenvalue weighted by Gasteiger charge is 2.44. The van der Waals surface area contributed by atoms with Crippen LogP contribution in [-0.4, -0.2) is 21.8 Å². The average molecular weight is 296 g/mol. The van der Waals surface area contributed by atoms with Gasteiger partial charge in [0.1, 0.15) is 23.2 Å². The van der Waals surface area contributed by atoms with E-state index in [9.17, 15) is 5.11 Å². The van der Waals surface area contributed by atoms with Gasteiger partial charge < -0.3 is 14.6 Å². The van der Waals surface area contributed by atoms with E-state index in [-0.39, 0.29) is 0 Å². The third kappa shape index (κ3) is 2.49. The van der Waals surface area contributed by atoms with E-state index in [1.165, 1.54) is 0 Å². The molecule has 5 nitrogen and oxygen atoms in total. The quantitative estimate of drug-likeness (QED) is 0.922. The van der Waals surface area contributed by atoms with Gasteiger partial charge in [0.15, 0.2) is 6.10 Å². The lowest BCUT2D eigenvalue weighted by atomic mass is 9.87. The van der Waals surface area contributed by atoms with E-state index in [0.29, 0.717) is 22.6 Å². The van der Waals surface area contributed by atoms with Crippen LogP contribution >= 0.6 is 0 Å². The molecule has 2 atom stereocenters. The number of hydrogen-bond acceptors (Lipinski definition) is 5. The number of nitriles is 1. The topological polar surface area (TPSA) is 75.4 Å². The molecule has 2 aromatic rings. The molecule has 5 heteroatoms. The number of aromatic nitrogens is 1. The summed E-state index contributed by atoms with van der Waals surface area (Å²) < 4.78 is 11.8. The van der Waals surface area contributed by atoms with E-state index in [4.69, 9.17) is 14.7 Å². The maximum Gasteiger partial charge on any atom is 0.157 e. The van der Waals surface area contributed by atoms with Crippen LogP contribution in [0.25, 0.3) is 0 Å². The smallest absolute Gasteiger partial charge is 0.157 e. The molecule has 0 saturated carbocycles. The Kier molecular flexibility index (Phi) is 3.47. The molecule has 2 heterocycles. The van der Waals surface area contributed by atoms with Gasteiger partial charge >= 0.3 is 0 Å². The van der Waals surface area contributed by atoms with E-state index in [1.807, 2.05) is 13.8 Å². The largest absolute Gasteiger partial charge is 0.485 e. The predicted octanol–water partition coefficient (Wildman–Crippen LogP) is 2.61. The molecule has 1 aliphatic heterocycles. The van der Waals surface area contributed by atoms with E-state index in [1.54, 1.807) is 42.7 Å². The molecule has 1 aromatic heterocycles. The zero-order valence-corrected chi connectivity index (χ0v) is 12.4. The number of aliphatic hydroxyl groups excluding tert-OH is 1. The van der Waals surface area contributed by atoms with Gasteiger partial charge in [0, 0.05) is 18.0 Å². The number of aliphatic hydroxyl groups is 1. The van der Waals surface area contributed by atoms with Gasteiger partial charge in [-0.3, -0.25) is 4.98 Å². The van der Waals surface area contributed by atoms with Crippen molar-refractivity contribution in [2.45, 2.75) is 31.7 Å². The van der Waals surface area contributed by atoms with Crippen molar-refractivity contribution in [3.05, 3.63) is 53.9 Å². The van der Waals surface area contributed by atoms with E-state index in [2.05, 4.69) is 11.1 Å². The second-order valence-electron chi connectivity index (χ2n) is 5.74. The first-order chi connectivity index (χ1) is 10.5. The van der Waals surface area contributed by atoms with Crippen molar-refractivity contribution < 1.29 is 14.6 Å². The number of rotatable bonds is 2. The standard InChI is InChI=1S/C17H16N2O3/c1-17(2)16(20)15(21-12-5-7-19-8-6-12)13-9-11(10-18)3-4-14(13)22-17/h3-9,15-16,20H,1-2H3. The van der Waals surface area contributed by atoms with Crippen molar-refractivity contribution in [2.75, 3.05) is 0 Å². The molecule has 1 N–H and O–H groups in total. The number of benzene rings is 1. The van der Waals surface area contributed by atoms with Gasteiger partial charge in [-0.1, -0.05) is 0 Å². The van der Waals surface area contributed by atoms with E-state index >= 15 is 0 Å². The molecule has 2 unspecified atom stereocenters. The molecule has 0 aliphatic carbocycles. The number of hydrogen-bond donors (Lipinski definition) is 1. The Labute approximate surface area is 128 Å². The van der Waals surface area contributed by atoms with Crippen molar-refractivity contribution in [3.8, 4) is 17.6 Å². The van der Waals surface area contributed by atoms with Crippen LogP contribution in [0, 0.1) is 11.3 Å². The molecule has 0 saturated heterocycles. The normalized spacial score (nSPS) is 22.1. The van der Waals surface area contributed by atoms with E-state index < -0.39 is 17.8 Å². The van der Waals surface area contributed by atoms with Crippen LogP contribution in [0.1, 0.15) is 31.1 Å². The number of pyridine rings is 1. The van der Waals surface area contributed by atoms with Gasteiger partial charge in [-0.15, -0.1) is 0 Å². The fraction of sp³-hybridized carbons (Fsp3) is 0.294. The van der Waals surface area contributed by atoms with Crippen LogP contribution < -0.4 is 9.47 Å². The second-order valence-corrected chi connectivity index (χ2v) is 5.74. The highest BCUT2D eigenvalue weighted by Crippen LogP contribution is 2.42. The zero-order chi connectivity index (χ0) is 15.7. The fourth-order valence-corrected chi connectivity index (χ4v) is 2.50. The van der Waals surface area contributed by atoms with Crippen molar-refractivity contribution in [1.82, 2.24) is 4.98 Å². The SMILES string of the molecule is CC1(C)Oc2ccc(C#N)cc2C(Oc2ccncc2)C1O. The lowest BCUT2D eigenvalue weighted by molar-refractivity contribution is -0.103. The van der Waals surface area contributed by atoms with Crippen molar-refractivity contribution in [2.24, 2.45) is 0 Å². The molecule has 0 spiro atoms. The summed E-state index contributed by atoms with van der Waals surface area (Å²) in [6.45, 7) is 3.61. The summed E-state index contributed by atoms with van der Waals surface area (Å²) >= 11 is 0. The summed E-state index contributed by atoms with van der Waals surface area (Å²) in [4.78, 5) is 3.95. The molecule has 22 heavy (non-hydrogen) atoms. The van der Waals surface area contributed by atoms with Crippen molar-refractivity contribution in [1.29, 1.82) is 5.26 Å². The van der Waals surface area contributed by atoms with Gasteiger partial charge in [-0.05, 0) is 44.2 Å². The molecule has 0 amide bonds. The summed E-state index contributed by atoms with van der Waals surface area (Å²) in [6.07, 6.45) is 1.76. The maximum atomic E-state index is 10.6. The van der Waals surface area contributed by atoms with Crippen molar-refractivity contribution in [3.63, 3.8) is 0 Å². The summed E-state index contributed by atoms with van der Waals surface area (Å²) in [6, 6.07) is 10.7. The minimum absolute atomic E-state index is 0.498. The predicted molar refractivity (Wildman–Crippen MR) is 79.5 cm³/mol. The Bertz CT molecular complexity index is 722. The first-order valence-electron chi connectivity index (χ1n) is 6.99. The maximum absolute atomic E-state index is 10.6. The second kappa shape index (κ2) is 5.32. The Balaban J connectivity index is 2.05. The molecule has 1 aromatic carbocycles. The number of fused-ring (bicyclic) bond motifs is 1. The third-order valence-corrected chi connectivity index (χ3v) is 3.73. The van der Waals surface area contributed by atoms with Crippen molar-refractivity contribution >= 4 is 0 Å². The van der Waals surface area contributed by atoms with Crippen LogP contribution in [-0.2, 0) is 0 Å². The molecule has 1 aliphatic rings. The third-order valence-electron chi connectivity index (χ3n) is 3.73.